The summed E-state index contributed by atoms with van der Waals surface area (Å²) in [7, 11) is 0. The van der Waals surface area contributed by atoms with Gasteiger partial charge in [-0.25, -0.2) is 0 Å². The van der Waals surface area contributed by atoms with Crippen LogP contribution in [-0.2, 0) is 19.1 Å². The van der Waals surface area contributed by atoms with Gasteiger partial charge in [0.2, 0.25) is 0 Å². The lowest BCUT2D eigenvalue weighted by molar-refractivity contribution is -0.170. The van der Waals surface area contributed by atoms with E-state index < -0.39 is 17.4 Å². The predicted molar refractivity (Wildman–Crippen MR) is 115 cm³/mol. The van der Waals surface area contributed by atoms with Crippen LogP contribution in [0.2, 0.25) is 0 Å². The highest BCUT2D eigenvalue weighted by atomic mass is 16.6. The number of ether oxygens (including phenoxy) is 2. The van der Waals surface area contributed by atoms with Crippen LogP contribution in [0.4, 0.5) is 0 Å². The topological polar surface area (TPSA) is 52.6 Å². The Labute approximate surface area is 177 Å². The van der Waals surface area contributed by atoms with Crippen molar-refractivity contribution < 1.29 is 19.1 Å². The van der Waals surface area contributed by atoms with Crippen molar-refractivity contribution in [2.45, 2.75) is 20.3 Å². The summed E-state index contributed by atoms with van der Waals surface area (Å²) in [5.41, 5.74) is 2.20. The molecule has 0 radical (unpaired) electrons. The summed E-state index contributed by atoms with van der Waals surface area (Å²) in [5, 5.41) is 0. The molecule has 4 rings (SSSR count). The lowest BCUT2D eigenvalue weighted by atomic mass is 9.68. The third-order valence-corrected chi connectivity index (χ3v) is 6.02. The molecule has 30 heavy (non-hydrogen) atoms. The van der Waals surface area contributed by atoms with E-state index in [9.17, 15) is 9.59 Å². The molecule has 154 valence electrons. The highest BCUT2D eigenvalue weighted by molar-refractivity contribution is 6.08. The van der Waals surface area contributed by atoms with Gasteiger partial charge < -0.3 is 9.47 Å². The smallest absolute Gasteiger partial charge is 0.328 e. The van der Waals surface area contributed by atoms with E-state index in [-0.39, 0.29) is 25.0 Å². The number of allylic oxidation sites excluding steroid dienone is 2. The van der Waals surface area contributed by atoms with E-state index in [4.69, 9.17) is 9.47 Å². The summed E-state index contributed by atoms with van der Waals surface area (Å²) < 4.78 is 11.0. The van der Waals surface area contributed by atoms with Crippen molar-refractivity contribution in [2.75, 3.05) is 13.2 Å². The SMILES string of the molecule is CCOC(=O)C1(C(=O)OCC)C(=C(c2ccccc2)c2ccccc2)[C@@H]2C=C[C@H]1C2. The first kappa shape index (κ1) is 20.1. The van der Waals surface area contributed by atoms with Crippen molar-refractivity contribution in [2.24, 2.45) is 17.3 Å². The Morgan fingerprint density at radius 3 is 1.80 bits per heavy atom. The zero-order valence-electron chi connectivity index (χ0n) is 17.3. The third-order valence-electron chi connectivity index (χ3n) is 6.02. The molecule has 0 saturated heterocycles. The van der Waals surface area contributed by atoms with Crippen LogP contribution in [0.1, 0.15) is 31.4 Å². The lowest BCUT2D eigenvalue weighted by Crippen LogP contribution is -2.47. The molecule has 2 bridgehead atoms. The minimum absolute atomic E-state index is 0.0146. The summed E-state index contributed by atoms with van der Waals surface area (Å²) in [6.45, 7) is 3.94. The number of carbonyl (C=O) groups excluding carboxylic acids is 2. The van der Waals surface area contributed by atoms with Gasteiger partial charge in [0.1, 0.15) is 0 Å². The fraction of sp³-hybridized carbons (Fsp3) is 0.308. The maximum absolute atomic E-state index is 13.5. The van der Waals surface area contributed by atoms with Gasteiger partial charge >= 0.3 is 11.9 Å². The van der Waals surface area contributed by atoms with E-state index in [1.165, 1.54) is 0 Å². The molecule has 2 aliphatic carbocycles. The van der Waals surface area contributed by atoms with Crippen LogP contribution in [0.15, 0.2) is 78.4 Å². The number of hydrogen-bond acceptors (Lipinski definition) is 4. The summed E-state index contributed by atoms with van der Waals surface area (Å²) in [5.74, 6) is -1.31. The average molecular weight is 402 g/mol. The van der Waals surface area contributed by atoms with E-state index in [0.29, 0.717) is 6.42 Å². The van der Waals surface area contributed by atoms with Gasteiger partial charge in [0.05, 0.1) is 13.2 Å². The van der Waals surface area contributed by atoms with Gasteiger partial charge in [0, 0.05) is 11.8 Å². The highest BCUT2D eigenvalue weighted by Crippen LogP contribution is 2.60. The Hall–Kier alpha value is -3.14. The number of carbonyl (C=O) groups is 2. The van der Waals surface area contributed by atoms with Crippen LogP contribution < -0.4 is 0 Å². The molecule has 2 aromatic carbocycles. The molecular formula is C26H26O4. The van der Waals surface area contributed by atoms with Crippen LogP contribution in [0.25, 0.3) is 5.57 Å². The second-order valence-corrected chi connectivity index (χ2v) is 7.60. The van der Waals surface area contributed by atoms with Gasteiger partial charge in [-0.15, -0.1) is 0 Å². The number of hydrogen-bond donors (Lipinski definition) is 0. The Bertz CT molecular complexity index is 929. The van der Waals surface area contributed by atoms with E-state index in [1.54, 1.807) is 13.8 Å². The molecule has 4 nitrogen and oxygen atoms in total. The minimum atomic E-state index is -1.45. The molecular weight excluding hydrogens is 376 g/mol. The second-order valence-electron chi connectivity index (χ2n) is 7.60. The predicted octanol–water partition coefficient (Wildman–Crippen LogP) is 4.81. The van der Waals surface area contributed by atoms with Gasteiger partial charge in [-0.05, 0) is 42.5 Å². The molecule has 0 unspecified atom stereocenters. The van der Waals surface area contributed by atoms with E-state index in [2.05, 4.69) is 6.08 Å². The van der Waals surface area contributed by atoms with Crippen LogP contribution in [0.5, 0.6) is 0 Å². The van der Waals surface area contributed by atoms with Crippen molar-refractivity contribution in [3.63, 3.8) is 0 Å². The molecule has 2 aromatic rings. The molecule has 0 heterocycles. The van der Waals surface area contributed by atoms with Gasteiger partial charge in [-0.3, -0.25) is 9.59 Å². The van der Waals surface area contributed by atoms with Gasteiger partial charge in [-0.2, -0.15) is 0 Å². The van der Waals surface area contributed by atoms with E-state index >= 15 is 0 Å². The highest BCUT2D eigenvalue weighted by Gasteiger charge is 2.65. The molecule has 2 atom stereocenters. The molecule has 1 fully saturated rings. The third kappa shape index (κ3) is 3.07. The molecule has 0 aliphatic heterocycles. The summed E-state index contributed by atoms with van der Waals surface area (Å²) >= 11 is 0. The fourth-order valence-electron chi connectivity index (χ4n) is 4.89. The number of rotatable bonds is 6. The normalized spacial score (nSPS) is 20.8. The zero-order chi connectivity index (χ0) is 21.1. The first-order chi connectivity index (χ1) is 14.6. The quantitative estimate of drug-likeness (QED) is 0.395. The lowest BCUT2D eigenvalue weighted by Gasteiger charge is -2.34. The van der Waals surface area contributed by atoms with Crippen LogP contribution in [0.3, 0.4) is 0 Å². The summed E-state index contributed by atoms with van der Waals surface area (Å²) in [6, 6.07) is 19.9. The van der Waals surface area contributed by atoms with Crippen molar-refractivity contribution in [1.82, 2.24) is 0 Å². The van der Waals surface area contributed by atoms with E-state index in [0.717, 1.165) is 22.3 Å². The standard InChI is InChI=1S/C26H26O4/c1-3-29-24(27)26(25(28)30-4-2)21-16-15-20(17-21)23(26)22(18-11-7-5-8-12-18)19-13-9-6-10-14-19/h5-16,20-21H,3-4,17H2,1-2H3/t20-,21+/m1/s1. The van der Waals surface area contributed by atoms with E-state index in [1.807, 2.05) is 66.7 Å². The minimum Gasteiger partial charge on any atom is -0.465 e. The van der Waals surface area contributed by atoms with Crippen molar-refractivity contribution in [3.8, 4) is 0 Å². The maximum Gasteiger partial charge on any atom is 0.328 e. The summed E-state index contributed by atoms with van der Waals surface area (Å²) in [4.78, 5) is 26.9. The first-order valence-electron chi connectivity index (χ1n) is 10.5. The Kier molecular flexibility index (Phi) is 5.58. The molecule has 1 saturated carbocycles. The Morgan fingerprint density at radius 1 is 0.833 bits per heavy atom. The second kappa shape index (κ2) is 8.31. The molecule has 2 aliphatic rings. The number of benzene rings is 2. The Morgan fingerprint density at radius 2 is 1.33 bits per heavy atom. The number of fused-ring (bicyclic) bond motifs is 2. The molecule has 0 spiro atoms. The van der Waals surface area contributed by atoms with Crippen molar-refractivity contribution >= 4 is 17.5 Å². The molecule has 4 heteroatoms. The fourth-order valence-corrected chi connectivity index (χ4v) is 4.89. The van der Waals surface area contributed by atoms with Gasteiger partial charge in [0.15, 0.2) is 5.41 Å². The van der Waals surface area contributed by atoms with Crippen LogP contribution in [0, 0.1) is 17.3 Å². The zero-order valence-corrected chi connectivity index (χ0v) is 17.3. The monoisotopic (exact) mass is 402 g/mol. The molecule has 0 N–H and O–H groups in total. The molecule has 0 amide bonds. The Balaban J connectivity index is 2.06. The van der Waals surface area contributed by atoms with Crippen LogP contribution >= 0.6 is 0 Å². The number of esters is 2. The summed E-state index contributed by atoms with van der Waals surface area (Å²) in [6.07, 6.45) is 4.80. The maximum atomic E-state index is 13.5. The average Bonchev–Trinajstić information content (AvgIpc) is 3.37. The van der Waals surface area contributed by atoms with Gasteiger partial charge in [-0.1, -0.05) is 72.8 Å². The largest absolute Gasteiger partial charge is 0.465 e. The first-order valence-corrected chi connectivity index (χ1v) is 10.5. The van der Waals surface area contributed by atoms with Crippen molar-refractivity contribution in [3.05, 3.63) is 89.5 Å². The molecule has 0 aromatic heterocycles. The van der Waals surface area contributed by atoms with Crippen molar-refractivity contribution in [1.29, 1.82) is 0 Å². The van der Waals surface area contributed by atoms with Gasteiger partial charge in [0.25, 0.3) is 0 Å². The van der Waals surface area contributed by atoms with Crippen LogP contribution in [-0.4, -0.2) is 25.2 Å².